The van der Waals surface area contributed by atoms with E-state index in [0.29, 0.717) is 10.9 Å². The van der Waals surface area contributed by atoms with E-state index in [1.54, 1.807) is 12.1 Å². The highest BCUT2D eigenvalue weighted by atomic mass is 35.5. The number of carbonyl (C=O) groups is 1. The number of thiophene rings is 1. The van der Waals surface area contributed by atoms with E-state index in [1.807, 2.05) is 6.92 Å². The van der Waals surface area contributed by atoms with Crippen molar-refractivity contribution in [3.05, 3.63) is 21.3 Å². The Kier molecular flexibility index (Phi) is 2.91. The van der Waals surface area contributed by atoms with Crippen LogP contribution < -0.4 is 0 Å². The molecule has 1 saturated heterocycles. The molecule has 14 heavy (non-hydrogen) atoms. The van der Waals surface area contributed by atoms with Gasteiger partial charge in [0.2, 0.25) is 0 Å². The van der Waals surface area contributed by atoms with Crippen molar-refractivity contribution in [3.8, 4) is 0 Å². The summed E-state index contributed by atoms with van der Waals surface area (Å²) in [6.45, 7) is 2.64. The van der Waals surface area contributed by atoms with Crippen molar-refractivity contribution in [2.24, 2.45) is 5.92 Å². The molecule has 0 aliphatic carbocycles. The fraction of sp³-hybridized carbons (Fsp3) is 0.500. The zero-order chi connectivity index (χ0) is 10.1. The molecule has 0 aromatic carbocycles. The third-order valence-corrected chi connectivity index (χ3v) is 3.77. The van der Waals surface area contributed by atoms with Crippen LogP contribution >= 0.6 is 22.9 Å². The highest BCUT2D eigenvalue weighted by Crippen LogP contribution is 2.29. The number of ketones is 1. The summed E-state index contributed by atoms with van der Waals surface area (Å²) in [7, 11) is 0. The molecule has 0 amide bonds. The molecule has 1 fully saturated rings. The Balaban J connectivity index is 2.15. The lowest BCUT2D eigenvalue weighted by molar-refractivity contribution is 0.0768. The summed E-state index contributed by atoms with van der Waals surface area (Å²) in [6, 6.07) is 3.56. The summed E-state index contributed by atoms with van der Waals surface area (Å²) in [5, 5.41) is 0. The van der Waals surface area contributed by atoms with E-state index in [-0.39, 0.29) is 17.8 Å². The molecular formula is C10H11ClO2S. The summed E-state index contributed by atoms with van der Waals surface area (Å²) in [5.74, 6) is 0.191. The van der Waals surface area contributed by atoms with Gasteiger partial charge in [-0.3, -0.25) is 4.79 Å². The molecule has 2 heterocycles. The van der Waals surface area contributed by atoms with Crippen molar-refractivity contribution >= 4 is 28.7 Å². The maximum atomic E-state index is 11.9. The number of halogens is 1. The molecule has 76 valence electrons. The minimum atomic E-state index is 0.0183. The third kappa shape index (κ3) is 1.85. The van der Waals surface area contributed by atoms with Gasteiger partial charge in [0.1, 0.15) is 0 Å². The first-order chi connectivity index (χ1) is 6.68. The number of rotatable bonds is 2. The normalized spacial score (nSPS) is 26.7. The summed E-state index contributed by atoms with van der Waals surface area (Å²) < 4.78 is 6.03. The maximum absolute atomic E-state index is 11.9. The predicted molar refractivity (Wildman–Crippen MR) is 57.2 cm³/mol. The molecular weight excluding hydrogens is 220 g/mol. The molecule has 2 atom stereocenters. The number of ether oxygens (including phenoxy) is 1. The summed E-state index contributed by atoms with van der Waals surface area (Å²) >= 11 is 7.13. The second-order valence-corrected chi connectivity index (χ2v) is 5.15. The number of hydrogen-bond donors (Lipinski definition) is 0. The van der Waals surface area contributed by atoms with Crippen LogP contribution in [0, 0.1) is 5.92 Å². The molecule has 0 spiro atoms. The molecule has 0 bridgehead atoms. The standard InChI is InChI=1S/C10H11ClO2S/c1-6-7(4-5-13-6)10(12)8-2-3-9(11)14-8/h2-3,6-7H,4-5H2,1H3. The second-order valence-electron chi connectivity index (χ2n) is 3.44. The molecule has 2 rings (SSSR count). The van der Waals surface area contributed by atoms with Gasteiger partial charge < -0.3 is 4.74 Å². The van der Waals surface area contributed by atoms with Crippen LogP contribution in [-0.2, 0) is 4.74 Å². The van der Waals surface area contributed by atoms with Crippen LogP contribution in [0.5, 0.6) is 0 Å². The van der Waals surface area contributed by atoms with Gasteiger partial charge in [-0.1, -0.05) is 11.6 Å². The van der Waals surface area contributed by atoms with E-state index in [1.165, 1.54) is 11.3 Å². The van der Waals surface area contributed by atoms with Gasteiger partial charge in [-0.05, 0) is 25.5 Å². The van der Waals surface area contributed by atoms with E-state index in [9.17, 15) is 4.79 Å². The lowest BCUT2D eigenvalue weighted by Crippen LogP contribution is -2.20. The van der Waals surface area contributed by atoms with Gasteiger partial charge >= 0.3 is 0 Å². The SMILES string of the molecule is CC1OCCC1C(=O)c1ccc(Cl)s1. The van der Waals surface area contributed by atoms with E-state index in [4.69, 9.17) is 16.3 Å². The quantitative estimate of drug-likeness (QED) is 0.731. The van der Waals surface area contributed by atoms with Crippen LogP contribution in [0.25, 0.3) is 0 Å². The van der Waals surface area contributed by atoms with Crippen LogP contribution in [0.4, 0.5) is 0 Å². The zero-order valence-corrected chi connectivity index (χ0v) is 9.40. The van der Waals surface area contributed by atoms with Gasteiger partial charge in [-0.2, -0.15) is 0 Å². The lowest BCUT2D eigenvalue weighted by Gasteiger charge is -2.10. The van der Waals surface area contributed by atoms with E-state index in [2.05, 4.69) is 0 Å². The van der Waals surface area contributed by atoms with Gasteiger partial charge in [-0.25, -0.2) is 0 Å². The topological polar surface area (TPSA) is 26.3 Å². The summed E-state index contributed by atoms with van der Waals surface area (Å²) in [5.41, 5.74) is 0. The Hall–Kier alpha value is -0.380. The Morgan fingerprint density at radius 3 is 2.93 bits per heavy atom. The van der Waals surface area contributed by atoms with Crippen molar-refractivity contribution < 1.29 is 9.53 Å². The molecule has 0 saturated carbocycles. The average Bonchev–Trinajstić information content (AvgIpc) is 2.73. The molecule has 2 unspecified atom stereocenters. The Bertz CT molecular complexity index is 348. The first kappa shape index (κ1) is 10.1. The molecule has 1 aliphatic heterocycles. The highest BCUT2D eigenvalue weighted by Gasteiger charge is 2.31. The Morgan fingerprint density at radius 2 is 2.43 bits per heavy atom. The molecule has 1 aromatic heterocycles. The van der Waals surface area contributed by atoms with Crippen LogP contribution in [0.1, 0.15) is 23.0 Å². The third-order valence-electron chi connectivity index (χ3n) is 2.53. The monoisotopic (exact) mass is 230 g/mol. The first-order valence-corrected chi connectivity index (χ1v) is 5.79. The van der Waals surface area contributed by atoms with Gasteiger partial charge in [0, 0.05) is 6.61 Å². The summed E-state index contributed by atoms with van der Waals surface area (Å²) in [4.78, 5) is 12.7. The number of hydrogen-bond acceptors (Lipinski definition) is 3. The van der Waals surface area contributed by atoms with Crippen LogP contribution in [0.15, 0.2) is 12.1 Å². The Labute approximate surface area is 91.8 Å². The van der Waals surface area contributed by atoms with Gasteiger partial charge in [0.05, 0.1) is 21.2 Å². The van der Waals surface area contributed by atoms with Crippen LogP contribution in [-0.4, -0.2) is 18.5 Å². The van der Waals surface area contributed by atoms with E-state index < -0.39 is 0 Å². The van der Waals surface area contributed by atoms with Crippen molar-refractivity contribution in [3.63, 3.8) is 0 Å². The van der Waals surface area contributed by atoms with Crippen molar-refractivity contribution in [2.45, 2.75) is 19.4 Å². The van der Waals surface area contributed by atoms with Gasteiger partial charge in [-0.15, -0.1) is 11.3 Å². The van der Waals surface area contributed by atoms with E-state index in [0.717, 1.165) is 11.3 Å². The Morgan fingerprint density at radius 1 is 1.64 bits per heavy atom. The van der Waals surface area contributed by atoms with Crippen LogP contribution in [0.3, 0.4) is 0 Å². The average molecular weight is 231 g/mol. The number of Topliss-reactive ketones (excluding diaryl/α,β-unsaturated/α-hetero) is 1. The smallest absolute Gasteiger partial charge is 0.178 e. The highest BCUT2D eigenvalue weighted by molar-refractivity contribution is 7.18. The van der Waals surface area contributed by atoms with Crippen molar-refractivity contribution in [1.29, 1.82) is 0 Å². The minimum Gasteiger partial charge on any atom is -0.378 e. The fourth-order valence-corrected chi connectivity index (χ4v) is 2.75. The minimum absolute atomic E-state index is 0.0183. The molecule has 2 nitrogen and oxygen atoms in total. The van der Waals surface area contributed by atoms with Crippen LogP contribution in [0.2, 0.25) is 4.34 Å². The molecule has 0 radical (unpaired) electrons. The summed E-state index contributed by atoms with van der Waals surface area (Å²) in [6.07, 6.45) is 0.874. The largest absolute Gasteiger partial charge is 0.378 e. The fourth-order valence-electron chi connectivity index (χ4n) is 1.71. The predicted octanol–water partition coefficient (Wildman–Crippen LogP) is 3.01. The van der Waals surface area contributed by atoms with Gasteiger partial charge in [0.25, 0.3) is 0 Å². The molecule has 1 aliphatic rings. The van der Waals surface area contributed by atoms with Gasteiger partial charge in [0.15, 0.2) is 5.78 Å². The lowest BCUT2D eigenvalue weighted by atomic mass is 9.96. The molecule has 1 aromatic rings. The van der Waals surface area contributed by atoms with Crippen molar-refractivity contribution in [1.82, 2.24) is 0 Å². The zero-order valence-electron chi connectivity index (χ0n) is 7.83. The second kappa shape index (κ2) is 4.01. The maximum Gasteiger partial charge on any atom is 0.178 e. The van der Waals surface area contributed by atoms with E-state index >= 15 is 0 Å². The molecule has 0 N–H and O–H groups in total. The molecule has 4 heteroatoms. The first-order valence-electron chi connectivity index (χ1n) is 4.59. The van der Waals surface area contributed by atoms with Crippen molar-refractivity contribution in [2.75, 3.05) is 6.61 Å². The number of carbonyl (C=O) groups excluding carboxylic acids is 1.